The zero-order valence-corrected chi connectivity index (χ0v) is 16.9. The Morgan fingerprint density at radius 1 is 1.16 bits per heavy atom. The van der Waals surface area contributed by atoms with Crippen LogP contribution in [0, 0.1) is 0 Å². The summed E-state index contributed by atoms with van der Waals surface area (Å²) in [6.07, 6.45) is -4.24. The molecule has 1 N–H and O–H groups in total. The number of alkyl halides is 3. The van der Waals surface area contributed by atoms with Crippen molar-refractivity contribution in [3.05, 3.63) is 59.7 Å². The fourth-order valence-corrected chi connectivity index (χ4v) is 3.65. The van der Waals surface area contributed by atoms with Crippen molar-refractivity contribution >= 4 is 17.5 Å². The Morgan fingerprint density at radius 3 is 2.45 bits per heavy atom. The number of anilines is 1. The Kier molecular flexibility index (Phi) is 6.84. The summed E-state index contributed by atoms with van der Waals surface area (Å²) in [6, 6.07) is 11.0. The molecule has 0 aliphatic carbocycles. The number of amides is 2. The highest BCUT2D eigenvalue weighted by molar-refractivity contribution is 5.93. The molecule has 1 aliphatic rings. The summed E-state index contributed by atoms with van der Waals surface area (Å²) in [6.45, 7) is 1.32. The zero-order chi connectivity index (χ0) is 22.6. The minimum absolute atomic E-state index is 0.0987. The van der Waals surface area contributed by atoms with Crippen molar-refractivity contribution in [1.82, 2.24) is 4.90 Å². The second kappa shape index (κ2) is 9.38. The van der Waals surface area contributed by atoms with Gasteiger partial charge in [0.2, 0.25) is 5.91 Å². The molecule has 1 atom stereocenters. The van der Waals surface area contributed by atoms with Gasteiger partial charge in [0.15, 0.2) is 6.61 Å². The molecule has 0 saturated carbocycles. The normalized spacial score (nSPS) is 16.3. The standard InChI is InChI=1S/C22H23F3N2O4/c1-15(29)27(20-5-3-2-4-19(20)22(23,24)25)17-10-11-26(12-17)21(30)14-31-18-8-6-16(13-28)7-9-18/h2-9,17,28H,10-14H2,1H3/t17-/m1/s1. The molecule has 2 amide bonds. The van der Waals surface area contributed by atoms with E-state index in [0.717, 1.165) is 11.0 Å². The van der Waals surface area contributed by atoms with Crippen LogP contribution in [0.3, 0.4) is 0 Å². The van der Waals surface area contributed by atoms with Crippen LogP contribution in [0.2, 0.25) is 0 Å². The molecule has 0 spiro atoms. The molecule has 0 radical (unpaired) electrons. The van der Waals surface area contributed by atoms with Crippen LogP contribution in [0.1, 0.15) is 24.5 Å². The third-order valence-corrected chi connectivity index (χ3v) is 5.16. The number of hydrogen-bond donors (Lipinski definition) is 1. The molecule has 1 heterocycles. The van der Waals surface area contributed by atoms with Crippen LogP contribution in [0.4, 0.5) is 18.9 Å². The fraction of sp³-hybridized carbons (Fsp3) is 0.364. The lowest BCUT2D eigenvalue weighted by atomic mass is 10.1. The van der Waals surface area contributed by atoms with Crippen LogP contribution in [0.5, 0.6) is 5.75 Å². The molecule has 3 rings (SSSR count). The molecule has 31 heavy (non-hydrogen) atoms. The van der Waals surface area contributed by atoms with Gasteiger partial charge in [-0.15, -0.1) is 0 Å². The molecule has 1 aliphatic heterocycles. The van der Waals surface area contributed by atoms with Crippen LogP contribution >= 0.6 is 0 Å². The van der Waals surface area contributed by atoms with Gasteiger partial charge in [-0.1, -0.05) is 24.3 Å². The summed E-state index contributed by atoms with van der Waals surface area (Å²) in [7, 11) is 0. The van der Waals surface area contributed by atoms with Crippen LogP contribution < -0.4 is 9.64 Å². The largest absolute Gasteiger partial charge is 0.484 e. The van der Waals surface area contributed by atoms with Gasteiger partial charge >= 0.3 is 6.18 Å². The van der Waals surface area contributed by atoms with E-state index in [1.54, 1.807) is 24.3 Å². The van der Waals surface area contributed by atoms with E-state index < -0.39 is 23.7 Å². The fourth-order valence-electron chi connectivity index (χ4n) is 3.65. The highest BCUT2D eigenvalue weighted by Crippen LogP contribution is 2.38. The van der Waals surface area contributed by atoms with Gasteiger partial charge in [0.05, 0.1) is 23.9 Å². The quantitative estimate of drug-likeness (QED) is 0.755. The molecule has 0 unspecified atom stereocenters. The van der Waals surface area contributed by atoms with Crippen molar-refractivity contribution in [3.63, 3.8) is 0 Å². The SMILES string of the molecule is CC(=O)N(c1ccccc1C(F)(F)F)[C@@H]1CCN(C(=O)COc2ccc(CO)cc2)C1. The lowest BCUT2D eigenvalue weighted by molar-refractivity contribution is -0.137. The van der Waals surface area contributed by atoms with Gasteiger partial charge in [-0.3, -0.25) is 9.59 Å². The molecular weight excluding hydrogens is 413 g/mol. The highest BCUT2D eigenvalue weighted by atomic mass is 19.4. The number of nitrogens with zero attached hydrogens (tertiary/aromatic N) is 2. The van der Waals surface area contributed by atoms with Gasteiger partial charge in [-0.05, 0) is 36.2 Å². The monoisotopic (exact) mass is 436 g/mol. The summed E-state index contributed by atoms with van der Waals surface area (Å²) in [5.74, 6) is -0.372. The number of para-hydroxylation sites is 1. The number of aliphatic hydroxyl groups is 1. The van der Waals surface area contributed by atoms with E-state index in [0.29, 0.717) is 24.3 Å². The Morgan fingerprint density at radius 2 is 1.84 bits per heavy atom. The molecule has 2 aromatic rings. The van der Waals surface area contributed by atoms with E-state index in [9.17, 15) is 22.8 Å². The number of carbonyl (C=O) groups is 2. The van der Waals surface area contributed by atoms with E-state index in [1.807, 2.05) is 0 Å². The maximum absolute atomic E-state index is 13.4. The minimum Gasteiger partial charge on any atom is -0.484 e. The molecule has 9 heteroatoms. The second-order valence-electron chi connectivity index (χ2n) is 7.28. The Hall–Kier alpha value is -3.07. The molecule has 6 nitrogen and oxygen atoms in total. The number of hydrogen-bond acceptors (Lipinski definition) is 4. The number of benzene rings is 2. The average molecular weight is 436 g/mol. The van der Waals surface area contributed by atoms with Gasteiger partial charge in [0.1, 0.15) is 5.75 Å². The first-order valence-corrected chi connectivity index (χ1v) is 9.77. The number of aliphatic hydroxyl groups excluding tert-OH is 1. The third-order valence-electron chi connectivity index (χ3n) is 5.16. The predicted molar refractivity (Wildman–Crippen MR) is 107 cm³/mol. The van der Waals surface area contributed by atoms with Crippen molar-refractivity contribution in [2.75, 3.05) is 24.6 Å². The number of rotatable bonds is 6. The molecule has 2 aromatic carbocycles. The maximum atomic E-state index is 13.4. The first-order chi connectivity index (χ1) is 14.7. The van der Waals surface area contributed by atoms with Crippen LogP contribution in [-0.2, 0) is 22.4 Å². The Bertz CT molecular complexity index is 931. The highest BCUT2D eigenvalue weighted by Gasteiger charge is 2.39. The minimum atomic E-state index is -4.60. The summed E-state index contributed by atoms with van der Waals surface area (Å²) in [4.78, 5) is 27.4. The van der Waals surface area contributed by atoms with Gasteiger partial charge in [-0.25, -0.2) is 0 Å². The molecular formula is C22H23F3N2O4. The first-order valence-electron chi connectivity index (χ1n) is 9.77. The van der Waals surface area contributed by atoms with Crippen LogP contribution in [0.25, 0.3) is 0 Å². The maximum Gasteiger partial charge on any atom is 0.418 e. The van der Waals surface area contributed by atoms with Crippen molar-refractivity contribution < 1.29 is 32.6 Å². The lowest BCUT2D eigenvalue weighted by Crippen LogP contribution is -2.43. The second-order valence-corrected chi connectivity index (χ2v) is 7.28. The summed E-state index contributed by atoms with van der Waals surface area (Å²) >= 11 is 0. The number of carbonyl (C=O) groups excluding carboxylic acids is 2. The molecule has 0 aromatic heterocycles. The van der Waals surface area contributed by atoms with Crippen LogP contribution in [0.15, 0.2) is 48.5 Å². The van der Waals surface area contributed by atoms with E-state index in [4.69, 9.17) is 9.84 Å². The Labute approximate surface area is 177 Å². The zero-order valence-electron chi connectivity index (χ0n) is 16.9. The van der Waals surface area contributed by atoms with Crippen LogP contribution in [-0.4, -0.2) is 47.6 Å². The molecule has 1 fully saturated rings. The van der Waals surface area contributed by atoms with E-state index in [2.05, 4.69) is 0 Å². The van der Waals surface area contributed by atoms with Gasteiger partial charge in [0, 0.05) is 20.0 Å². The van der Waals surface area contributed by atoms with E-state index in [-0.39, 0.29) is 31.4 Å². The third kappa shape index (κ3) is 5.35. The van der Waals surface area contributed by atoms with Crippen molar-refractivity contribution in [2.24, 2.45) is 0 Å². The molecule has 166 valence electrons. The smallest absolute Gasteiger partial charge is 0.418 e. The molecule has 1 saturated heterocycles. The summed E-state index contributed by atoms with van der Waals surface area (Å²) in [5, 5.41) is 9.05. The van der Waals surface area contributed by atoms with Gasteiger partial charge in [0.25, 0.3) is 5.91 Å². The number of halogens is 3. The average Bonchev–Trinajstić information content (AvgIpc) is 3.21. The van der Waals surface area contributed by atoms with E-state index >= 15 is 0 Å². The van der Waals surface area contributed by atoms with Crippen molar-refractivity contribution in [3.8, 4) is 5.75 Å². The number of ether oxygens (including phenoxy) is 1. The summed E-state index contributed by atoms with van der Waals surface area (Å²) < 4.78 is 45.8. The van der Waals surface area contributed by atoms with Crippen molar-refractivity contribution in [1.29, 1.82) is 0 Å². The topological polar surface area (TPSA) is 70.1 Å². The Balaban J connectivity index is 1.68. The molecule has 0 bridgehead atoms. The summed E-state index contributed by atoms with van der Waals surface area (Å²) in [5.41, 5.74) is -0.379. The van der Waals surface area contributed by atoms with E-state index in [1.165, 1.54) is 30.0 Å². The lowest BCUT2D eigenvalue weighted by Gasteiger charge is -2.30. The van der Waals surface area contributed by atoms with Crippen molar-refractivity contribution in [2.45, 2.75) is 32.2 Å². The number of likely N-dealkylation sites (tertiary alicyclic amines) is 1. The van der Waals surface area contributed by atoms with Gasteiger partial charge < -0.3 is 19.6 Å². The predicted octanol–water partition coefficient (Wildman–Crippen LogP) is 3.23. The van der Waals surface area contributed by atoms with Gasteiger partial charge in [-0.2, -0.15) is 13.2 Å². The first kappa shape index (κ1) is 22.6.